The lowest BCUT2D eigenvalue weighted by molar-refractivity contribution is -0.167. The summed E-state index contributed by atoms with van der Waals surface area (Å²) in [5, 5.41) is 0. The zero-order valence-corrected chi connectivity index (χ0v) is 49.2. The Balaban J connectivity index is 4.33. The number of hydrogen-bond donors (Lipinski definition) is 0. The van der Waals surface area contributed by atoms with Crippen LogP contribution in [0.5, 0.6) is 0 Å². The predicted molar refractivity (Wildman–Crippen MR) is 316 cm³/mol. The average Bonchev–Trinajstić information content (AvgIpc) is 3.39. The molecule has 73 heavy (non-hydrogen) atoms. The van der Waals surface area contributed by atoms with Crippen LogP contribution in [0.15, 0.2) is 36.5 Å². The van der Waals surface area contributed by atoms with Gasteiger partial charge in [0.2, 0.25) is 0 Å². The number of carbonyl (C=O) groups excluding carboxylic acids is 3. The highest BCUT2D eigenvalue weighted by molar-refractivity contribution is 5.71. The van der Waals surface area contributed by atoms with Crippen molar-refractivity contribution >= 4 is 17.9 Å². The van der Waals surface area contributed by atoms with Gasteiger partial charge in [0.1, 0.15) is 13.2 Å². The highest BCUT2D eigenvalue weighted by Crippen LogP contribution is 2.18. The molecule has 0 aromatic heterocycles. The van der Waals surface area contributed by atoms with E-state index in [1.165, 1.54) is 257 Å². The van der Waals surface area contributed by atoms with Gasteiger partial charge in [-0.2, -0.15) is 0 Å². The third kappa shape index (κ3) is 60.4. The number of esters is 3. The minimum absolute atomic E-state index is 0.0710. The molecule has 0 amide bonds. The molecule has 0 radical (unpaired) electrons. The summed E-state index contributed by atoms with van der Waals surface area (Å²) in [6, 6.07) is 0. The van der Waals surface area contributed by atoms with E-state index in [2.05, 4.69) is 57.2 Å². The van der Waals surface area contributed by atoms with E-state index in [0.29, 0.717) is 19.3 Å². The van der Waals surface area contributed by atoms with Crippen molar-refractivity contribution < 1.29 is 28.6 Å². The SMILES string of the molecule is CCCCC/C=C\C=C/CCCCCCCCCCCCC(=O)OCC(COC(=O)CCCCCCCCC/C=C\CCCCCCCC)OC(=O)CCCCCCCCCCCCCCCCCCCCC. The van der Waals surface area contributed by atoms with Crippen molar-refractivity contribution in [2.45, 2.75) is 361 Å². The summed E-state index contributed by atoms with van der Waals surface area (Å²) in [5.41, 5.74) is 0. The lowest BCUT2D eigenvalue weighted by Crippen LogP contribution is -2.30. The van der Waals surface area contributed by atoms with Gasteiger partial charge in [-0.15, -0.1) is 0 Å². The van der Waals surface area contributed by atoms with Crippen molar-refractivity contribution in [1.82, 2.24) is 0 Å². The molecule has 0 aromatic rings. The van der Waals surface area contributed by atoms with Crippen molar-refractivity contribution in [2.24, 2.45) is 0 Å². The van der Waals surface area contributed by atoms with E-state index in [1.807, 2.05) is 0 Å². The number of hydrogen-bond acceptors (Lipinski definition) is 6. The first kappa shape index (κ1) is 70.6. The maximum Gasteiger partial charge on any atom is 0.306 e. The van der Waals surface area contributed by atoms with Crippen LogP contribution in [0.4, 0.5) is 0 Å². The lowest BCUT2D eigenvalue weighted by atomic mass is 10.0. The summed E-state index contributed by atoms with van der Waals surface area (Å²) in [6.45, 7) is 6.67. The van der Waals surface area contributed by atoms with Crippen LogP contribution in [0.25, 0.3) is 0 Å². The number of ether oxygens (including phenoxy) is 3. The molecule has 1 atom stereocenters. The van der Waals surface area contributed by atoms with E-state index in [9.17, 15) is 14.4 Å². The van der Waals surface area contributed by atoms with Crippen LogP contribution in [-0.2, 0) is 28.6 Å². The number of unbranched alkanes of at least 4 members (excludes halogenated alkanes) is 44. The summed E-state index contributed by atoms with van der Waals surface area (Å²) in [4.78, 5) is 38.3. The van der Waals surface area contributed by atoms with Gasteiger partial charge in [-0.1, -0.05) is 301 Å². The molecule has 0 aromatic carbocycles. The molecular weight excluding hydrogens is 901 g/mol. The Morgan fingerprint density at radius 1 is 0.274 bits per heavy atom. The third-order valence-electron chi connectivity index (χ3n) is 14.6. The van der Waals surface area contributed by atoms with Crippen molar-refractivity contribution in [3.63, 3.8) is 0 Å². The fourth-order valence-electron chi connectivity index (χ4n) is 9.73. The maximum atomic E-state index is 12.9. The minimum Gasteiger partial charge on any atom is -0.462 e. The third-order valence-corrected chi connectivity index (χ3v) is 14.6. The number of rotatable bonds is 60. The van der Waals surface area contributed by atoms with Crippen molar-refractivity contribution in [3.05, 3.63) is 36.5 Å². The van der Waals surface area contributed by atoms with Gasteiger partial charge < -0.3 is 14.2 Å². The van der Waals surface area contributed by atoms with Gasteiger partial charge >= 0.3 is 17.9 Å². The predicted octanol–water partition coefficient (Wildman–Crippen LogP) is 22.0. The molecule has 0 saturated carbocycles. The Labute approximate surface area is 455 Å². The molecule has 0 rings (SSSR count). The molecule has 0 heterocycles. The monoisotopic (exact) mass is 1020 g/mol. The Hall–Kier alpha value is -2.37. The highest BCUT2D eigenvalue weighted by Gasteiger charge is 2.19. The Morgan fingerprint density at radius 2 is 0.493 bits per heavy atom. The first-order valence-electron chi connectivity index (χ1n) is 32.5. The van der Waals surface area contributed by atoms with Gasteiger partial charge in [-0.05, 0) is 70.6 Å². The van der Waals surface area contributed by atoms with Gasteiger partial charge in [0, 0.05) is 19.3 Å². The molecule has 6 nitrogen and oxygen atoms in total. The van der Waals surface area contributed by atoms with E-state index in [4.69, 9.17) is 14.2 Å². The Kier molecular flexibility index (Phi) is 60.2. The zero-order valence-electron chi connectivity index (χ0n) is 49.2. The second-order valence-electron chi connectivity index (χ2n) is 22.1. The number of carbonyl (C=O) groups is 3. The molecule has 0 fully saturated rings. The van der Waals surface area contributed by atoms with Gasteiger partial charge in [0.25, 0.3) is 0 Å². The fraction of sp³-hybridized carbons (Fsp3) is 0.866. The van der Waals surface area contributed by atoms with E-state index in [0.717, 1.165) is 57.8 Å². The molecule has 6 heteroatoms. The molecule has 428 valence electrons. The van der Waals surface area contributed by atoms with Crippen LogP contribution in [0.1, 0.15) is 355 Å². The van der Waals surface area contributed by atoms with Crippen LogP contribution in [0.3, 0.4) is 0 Å². The smallest absolute Gasteiger partial charge is 0.306 e. The van der Waals surface area contributed by atoms with Gasteiger partial charge in [0.05, 0.1) is 0 Å². The first-order valence-corrected chi connectivity index (χ1v) is 32.5. The normalized spacial score (nSPS) is 12.2. The molecular formula is C67H124O6. The van der Waals surface area contributed by atoms with E-state index in [-0.39, 0.29) is 31.1 Å². The average molecular weight is 1030 g/mol. The number of allylic oxidation sites excluding steroid dienone is 6. The minimum atomic E-state index is -0.773. The summed E-state index contributed by atoms with van der Waals surface area (Å²) < 4.78 is 17.0. The molecule has 0 aliphatic carbocycles. The highest BCUT2D eigenvalue weighted by atomic mass is 16.6. The van der Waals surface area contributed by atoms with Crippen LogP contribution in [0, 0.1) is 0 Å². The molecule has 0 spiro atoms. The summed E-state index contributed by atoms with van der Waals surface area (Å²) in [6.07, 6.45) is 75.7. The fourth-order valence-corrected chi connectivity index (χ4v) is 9.73. The summed E-state index contributed by atoms with van der Waals surface area (Å²) in [5.74, 6) is -0.853. The molecule has 0 aliphatic heterocycles. The quantitative estimate of drug-likeness (QED) is 0.0199. The Morgan fingerprint density at radius 3 is 0.795 bits per heavy atom. The second kappa shape index (κ2) is 62.2. The standard InChI is InChI=1S/C67H124O6/c1-4-7-10-13-16-19-22-25-28-31-33-36-39-42-45-48-51-54-57-60-66(69)72-63-64(62-71-65(68)59-56-53-50-47-44-41-38-35-30-27-24-21-18-15-12-9-6-3)73-67(70)61-58-55-52-49-46-43-40-37-34-32-29-26-23-20-17-14-11-8-5-2/h16,19,22,25,27,30,64H,4-15,17-18,20-21,23-24,26,28-29,31-63H2,1-3H3/b19-16-,25-22-,30-27-. The molecule has 0 N–H and O–H groups in total. The maximum absolute atomic E-state index is 12.9. The molecule has 0 bridgehead atoms. The molecule has 0 saturated heterocycles. The van der Waals surface area contributed by atoms with E-state index < -0.39 is 6.10 Å². The zero-order chi connectivity index (χ0) is 52.9. The Bertz CT molecular complexity index is 1220. The van der Waals surface area contributed by atoms with Gasteiger partial charge in [0.15, 0.2) is 6.10 Å². The van der Waals surface area contributed by atoms with E-state index in [1.54, 1.807) is 0 Å². The molecule has 1 unspecified atom stereocenters. The van der Waals surface area contributed by atoms with Crippen LogP contribution >= 0.6 is 0 Å². The van der Waals surface area contributed by atoms with Crippen molar-refractivity contribution in [1.29, 1.82) is 0 Å². The lowest BCUT2D eigenvalue weighted by Gasteiger charge is -2.18. The van der Waals surface area contributed by atoms with Crippen molar-refractivity contribution in [3.8, 4) is 0 Å². The van der Waals surface area contributed by atoms with E-state index >= 15 is 0 Å². The summed E-state index contributed by atoms with van der Waals surface area (Å²) in [7, 11) is 0. The summed E-state index contributed by atoms with van der Waals surface area (Å²) >= 11 is 0. The van der Waals surface area contributed by atoms with Crippen LogP contribution in [0.2, 0.25) is 0 Å². The molecule has 0 aliphatic rings. The van der Waals surface area contributed by atoms with Gasteiger partial charge in [-0.25, -0.2) is 0 Å². The topological polar surface area (TPSA) is 78.9 Å². The van der Waals surface area contributed by atoms with Crippen LogP contribution in [-0.4, -0.2) is 37.2 Å². The van der Waals surface area contributed by atoms with Gasteiger partial charge in [-0.3, -0.25) is 14.4 Å². The largest absolute Gasteiger partial charge is 0.462 e. The van der Waals surface area contributed by atoms with Crippen molar-refractivity contribution in [2.75, 3.05) is 13.2 Å². The first-order chi connectivity index (χ1) is 36.0. The second-order valence-corrected chi connectivity index (χ2v) is 22.1. The van der Waals surface area contributed by atoms with Crippen LogP contribution < -0.4 is 0 Å².